The van der Waals surface area contributed by atoms with Gasteiger partial charge in [0.2, 0.25) is 15.9 Å². The Hall–Kier alpha value is -2.60. The number of thiazole rings is 2. The van der Waals surface area contributed by atoms with Crippen LogP contribution in [0.5, 0.6) is 5.75 Å². The van der Waals surface area contributed by atoms with Crippen LogP contribution in [0, 0.1) is 12.8 Å². The summed E-state index contributed by atoms with van der Waals surface area (Å²) in [5.41, 5.74) is 1.78. The van der Waals surface area contributed by atoms with Crippen LogP contribution < -0.4 is 10.1 Å². The summed E-state index contributed by atoms with van der Waals surface area (Å²) in [7, 11) is -2.06. The fourth-order valence-electron chi connectivity index (χ4n) is 4.00. The molecule has 1 N–H and O–H groups in total. The number of sulfonamides is 1. The van der Waals surface area contributed by atoms with Gasteiger partial charge in [-0.1, -0.05) is 11.3 Å². The van der Waals surface area contributed by atoms with Gasteiger partial charge in [-0.05, 0) is 56.2 Å². The van der Waals surface area contributed by atoms with Gasteiger partial charge in [-0.25, -0.2) is 18.4 Å². The first kappa shape index (κ1) is 22.2. The number of fused-ring (bicyclic) bond motifs is 3. The molecule has 1 amide bonds. The number of carbonyl (C=O) groups is 1. The van der Waals surface area contributed by atoms with E-state index in [9.17, 15) is 13.2 Å². The first-order chi connectivity index (χ1) is 15.8. The average Bonchev–Trinajstić information content (AvgIpc) is 3.41. The Kier molecular flexibility index (Phi) is 5.81. The Balaban J connectivity index is 1.25. The second-order valence-corrected chi connectivity index (χ2v) is 12.0. The van der Waals surface area contributed by atoms with Gasteiger partial charge in [-0.15, -0.1) is 11.3 Å². The van der Waals surface area contributed by atoms with Gasteiger partial charge in [0.1, 0.15) is 5.75 Å². The van der Waals surface area contributed by atoms with Gasteiger partial charge >= 0.3 is 0 Å². The topological polar surface area (TPSA) is 101 Å². The SMILES string of the molecule is COc1ccc(S(=O)(=O)N2CCC(C(=O)Nc3nc4ccc5nc(C)sc5c4s3)CC2)cc1. The van der Waals surface area contributed by atoms with Crippen molar-refractivity contribution in [3.63, 3.8) is 0 Å². The molecule has 11 heteroatoms. The lowest BCUT2D eigenvalue weighted by molar-refractivity contribution is -0.120. The van der Waals surface area contributed by atoms with E-state index in [1.165, 1.54) is 22.8 Å². The smallest absolute Gasteiger partial charge is 0.243 e. The summed E-state index contributed by atoms with van der Waals surface area (Å²) in [6, 6.07) is 10.2. The third kappa shape index (κ3) is 4.21. The van der Waals surface area contributed by atoms with E-state index in [1.54, 1.807) is 35.6 Å². The molecule has 1 aliphatic heterocycles. The van der Waals surface area contributed by atoms with Crippen molar-refractivity contribution in [2.75, 3.05) is 25.5 Å². The van der Waals surface area contributed by atoms with Crippen LogP contribution in [-0.4, -0.2) is 48.8 Å². The summed E-state index contributed by atoms with van der Waals surface area (Å²) < 4.78 is 34.5. The normalized spacial score (nSPS) is 15.8. The molecule has 8 nitrogen and oxygen atoms in total. The largest absolute Gasteiger partial charge is 0.497 e. The van der Waals surface area contributed by atoms with E-state index >= 15 is 0 Å². The monoisotopic (exact) mass is 502 g/mol. The van der Waals surface area contributed by atoms with Crippen molar-refractivity contribution in [3.8, 4) is 5.75 Å². The Labute approximate surface area is 199 Å². The molecule has 0 bridgehead atoms. The standard InChI is InChI=1S/C22H22N4O4S3/c1-13-23-17-7-8-18-20(19(17)31-13)32-22(24-18)25-21(27)14-9-11-26(12-10-14)33(28,29)16-5-3-15(30-2)4-6-16/h3-8,14H,9-12H2,1-2H3,(H,24,25,27). The maximum atomic E-state index is 12.9. The number of piperidine rings is 1. The van der Waals surface area contributed by atoms with Crippen molar-refractivity contribution < 1.29 is 17.9 Å². The Morgan fingerprint density at radius 1 is 1.03 bits per heavy atom. The number of anilines is 1. The number of aryl methyl sites for hydroxylation is 1. The second-order valence-electron chi connectivity index (χ2n) is 7.86. The van der Waals surface area contributed by atoms with Crippen molar-refractivity contribution in [3.05, 3.63) is 41.4 Å². The minimum absolute atomic E-state index is 0.118. The molecule has 0 radical (unpaired) electrons. The molecule has 1 fully saturated rings. The number of amides is 1. The molecule has 4 aromatic rings. The Bertz CT molecular complexity index is 1440. The van der Waals surface area contributed by atoms with Crippen molar-refractivity contribution in [1.29, 1.82) is 0 Å². The maximum absolute atomic E-state index is 12.9. The van der Waals surface area contributed by atoms with Gasteiger partial charge < -0.3 is 10.1 Å². The quantitative estimate of drug-likeness (QED) is 0.438. The predicted molar refractivity (Wildman–Crippen MR) is 131 cm³/mol. The first-order valence-corrected chi connectivity index (χ1v) is 13.5. The fourth-order valence-corrected chi connectivity index (χ4v) is 7.48. The van der Waals surface area contributed by atoms with Crippen LogP contribution in [0.2, 0.25) is 0 Å². The number of nitrogens with one attached hydrogen (secondary N) is 1. The van der Waals surface area contributed by atoms with E-state index in [4.69, 9.17) is 4.74 Å². The summed E-state index contributed by atoms with van der Waals surface area (Å²) in [4.78, 5) is 22.2. The molecule has 5 rings (SSSR count). The molecule has 0 aliphatic carbocycles. The van der Waals surface area contributed by atoms with E-state index in [2.05, 4.69) is 15.3 Å². The maximum Gasteiger partial charge on any atom is 0.243 e. The average molecular weight is 503 g/mol. The van der Waals surface area contributed by atoms with Crippen LogP contribution in [0.15, 0.2) is 41.3 Å². The first-order valence-electron chi connectivity index (χ1n) is 10.5. The van der Waals surface area contributed by atoms with E-state index in [0.717, 1.165) is 25.4 Å². The van der Waals surface area contributed by atoms with Crippen LogP contribution in [0.1, 0.15) is 17.8 Å². The number of hydrogen-bond donors (Lipinski definition) is 1. The molecule has 0 unspecified atom stereocenters. The third-order valence-corrected chi connectivity index (χ3v) is 9.82. The molecule has 1 aliphatic rings. The van der Waals surface area contributed by atoms with Crippen molar-refractivity contribution in [2.45, 2.75) is 24.7 Å². The van der Waals surface area contributed by atoms with Gasteiger partial charge in [0.25, 0.3) is 0 Å². The molecule has 2 aromatic heterocycles. The number of aromatic nitrogens is 2. The highest BCUT2D eigenvalue weighted by Crippen LogP contribution is 2.36. The fraction of sp³-hybridized carbons (Fsp3) is 0.318. The molecule has 0 saturated carbocycles. The van der Waals surface area contributed by atoms with E-state index in [0.29, 0.717) is 36.8 Å². The number of nitrogens with zero attached hydrogens (tertiary/aromatic N) is 3. The zero-order valence-electron chi connectivity index (χ0n) is 18.1. The van der Waals surface area contributed by atoms with Crippen molar-refractivity contribution in [1.82, 2.24) is 14.3 Å². The van der Waals surface area contributed by atoms with E-state index in [-0.39, 0.29) is 16.7 Å². The molecule has 172 valence electrons. The summed E-state index contributed by atoms with van der Waals surface area (Å²) in [6.45, 7) is 2.57. The molecular formula is C22H22N4O4S3. The highest BCUT2D eigenvalue weighted by molar-refractivity contribution is 7.89. The van der Waals surface area contributed by atoms with Gasteiger partial charge in [0.15, 0.2) is 5.13 Å². The Morgan fingerprint density at radius 2 is 1.67 bits per heavy atom. The van der Waals surface area contributed by atoms with Crippen molar-refractivity contribution in [2.24, 2.45) is 5.92 Å². The minimum Gasteiger partial charge on any atom is -0.497 e. The lowest BCUT2D eigenvalue weighted by atomic mass is 9.97. The second kappa shape index (κ2) is 8.64. The summed E-state index contributed by atoms with van der Waals surface area (Å²) in [6.07, 6.45) is 0.925. The number of rotatable bonds is 5. The zero-order valence-corrected chi connectivity index (χ0v) is 20.5. The number of carbonyl (C=O) groups excluding carboxylic acids is 1. The number of methoxy groups -OCH3 is 1. The predicted octanol–water partition coefficient (Wildman–Crippen LogP) is 4.26. The summed E-state index contributed by atoms with van der Waals surface area (Å²) >= 11 is 3.07. The van der Waals surface area contributed by atoms with Gasteiger partial charge in [-0.2, -0.15) is 4.31 Å². The molecule has 0 atom stereocenters. The van der Waals surface area contributed by atoms with Crippen LogP contribution in [0.3, 0.4) is 0 Å². The van der Waals surface area contributed by atoms with Crippen LogP contribution in [0.4, 0.5) is 5.13 Å². The number of ether oxygens (including phenoxy) is 1. The van der Waals surface area contributed by atoms with Crippen LogP contribution >= 0.6 is 22.7 Å². The zero-order chi connectivity index (χ0) is 23.2. The summed E-state index contributed by atoms with van der Waals surface area (Å²) in [5, 5.41) is 4.49. The minimum atomic E-state index is -3.60. The highest BCUT2D eigenvalue weighted by atomic mass is 32.2. The van der Waals surface area contributed by atoms with Crippen molar-refractivity contribution >= 4 is 64.2 Å². The Morgan fingerprint density at radius 3 is 2.33 bits per heavy atom. The van der Waals surface area contributed by atoms with Gasteiger partial charge in [0.05, 0.1) is 37.4 Å². The molecule has 3 heterocycles. The molecular weight excluding hydrogens is 480 g/mol. The molecule has 33 heavy (non-hydrogen) atoms. The van der Waals surface area contributed by atoms with E-state index < -0.39 is 10.0 Å². The summed E-state index contributed by atoms with van der Waals surface area (Å²) in [5.74, 6) is 0.225. The molecule has 1 saturated heterocycles. The lowest BCUT2D eigenvalue weighted by Gasteiger charge is -2.30. The highest BCUT2D eigenvalue weighted by Gasteiger charge is 2.32. The lowest BCUT2D eigenvalue weighted by Crippen LogP contribution is -2.41. The third-order valence-electron chi connectivity index (χ3n) is 5.77. The van der Waals surface area contributed by atoms with Crippen LogP contribution in [0.25, 0.3) is 20.4 Å². The van der Waals surface area contributed by atoms with Gasteiger partial charge in [0, 0.05) is 19.0 Å². The molecule has 2 aromatic carbocycles. The van der Waals surface area contributed by atoms with Crippen LogP contribution in [-0.2, 0) is 14.8 Å². The molecule has 0 spiro atoms. The van der Waals surface area contributed by atoms with Gasteiger partial charge in [-0.3, -0.25) is 4.79 Å². The number of benzene rings is 2. The van der Waals surface area contributed by atoms with E-state index in [1.807, 2.05) is 19.1 Å². The number of hydrogen-bond acceptors (Lipinski definition) is 8.